The number of aromatic nitrogens is 2. The highest BCUT2D eigenvalue weighted by Crippen LogP contribution is 2.11. The Balaban J connectivity index is 2.75. The average Bonchev–Trinajstić information content (AvgIpc) is 2.27. The highest BCUT2D eigenvalue weighted by Gasteiger charge is 2.23. The van der Waals surface area contributed by atoms with Gasteiger partial charge in [0.05, 0.1) is 7.11 Å². The number of methoxy groups -OCH3 is 1. The molecule has 1 heterocycles. The van der Waals surface area contributed by atoms with E-state index in [9.17, 15) is 4.79 Å². The second kappa shape index (κ2) is 5.29. The molecule has 16 heavy (non-hydrogen) atoms. The van der Waals surface area contributed by atoms with Crippen molar-refractivity contribution in [2.45, 2.75) is 19.9 Å². The molecule has 0 fully saturated rings. The van der Waals surface area contributed by atoms with E-state index in [0.717, 1.165) is 0 Å². The summed E-state index contributed by atoms with van der Waals surface area (Å²) in [6.45, 7) is 3.83. The zero-order chi connectivity index (χ0) is 12.1. The lowest BCUT2D eigenvalue weighted by Gasteiger charge is -2.19. The van der Waals surface area contributed by atoms with E-state index in [1.165, 1.54) is 7.11 Å². The monoisotopic (exact) mass is 224 g/mol. The number of hydrogen-bond acceptors (Lipinski definition) is 6. The SMILES string of the molecule is COC(=O)C(Nc1ccc(N)nn1)C(C)C. The molecule has 1 aromatic rings. The average molecular weight is 224 g/mol. The van der Waals surface area contributed by atoms with Gasteiger partial charge >= 0.3 is 5.97 Å². The van der Waals surface area contributed by atoms with Crippen molar-refractivity contribution >= 4 is 17.6 Å². The molecule has 1 aromatic heterocycles. The second-order valence-corrected chi connectivity index (χ2v) is 3.73. The van der Waals surface area contributed by atoms with E-state index in [1.807, 2.05) is 13.8 Å². The summed E-state index contributed by atoms with van der Waals surface area (Å²) in [6, 6.07) is 2.84. The number of hydrogen-bond donors (Lipinski definition) is 2. The summed E-state index contributed by atoms with van der Waals surface area (Å²) < 4.78 is 4.70. The number of carbonyl (C=O) groups excluding carboxylic acids is 1. The van der Waals surface area contributed by atoms with Crippen molar-refractivity contribution in [3.8, 4) is 0 Å². The van der Waals surface area contributed by atoms with Crippen LogP contribution < -0.4 is 11.1 Å². The lowest BCUT2D eigenvalue weighted by atomic mass is 10.0. The standard InChI is InChI=1S/C10H16N4O2/c1-6(2)9(10(15)16-3)12-8-5-4-7(11)13-14-8/h4-6,9H,1-3H3,(H2,11,13)(H,12,14). The minimum atomic E-state index is -0.442. The van der Waals surface area contributed by atoms with Crippen LogP contribution in [0.15, 0.2) is 12.1 Å². The highest BCUT2D eigenvalue weighted by molar-refractivity contribution is 5.79. The summed E-state index contributed by atoms with van der Waals surface area (Å²) >= 11 is 0. The Hall–Kier alpha value is -1.85. The molecule has 0 spiro atoms. The number of ether oxygens (including phenoxy) is 1. The number of nitrogen functional groups attached to an aromatic ring is 1. The number of nitrogens with two attached hydrogens (primary N) is 1. The van der Waals surface area contributed by atoms with Gasteiger partial charge in [-0.3, -0.25) is 0 Å². The van der Waals surface area contributed by atoms with Crippen LogP contribution in [0.25, 0.3) is 0 Å². The number of nitrogens with one attached hydrogen (secondary N) is 1. The van der Waals surface area contributed by atoms with E-state index in [0.29, 0.717) is 11.6 Å². The molecular formula is C10H16N4O2. The molecule has 0 aromatic carbocycles. The molecule has 0 saturated heterocycles. The first-order valence-corrected chi connectivity index (χ1v) is 4.98. The molecule has 6 nitrogen and oxygen atoms in total. The molecule has 1 atom stereocenters. The lowest BCUT2D eigenvalue weighted by molar-refractivity contribution is -0.142. The van der Waals surface area contributed by atoms with Gasteiger partial charge in [-0.15, -0.1) is 10.2 Å². The Morgan fingerprint density at radius 2 is 2.12 bits per heavy atom. The second-order valence-electron chi connectivity index (χ2n) is 3.73. The predicted octanol–water partition coefficient (Wildman–Crippen LogP) is 0.668. The number of esters is 1. The van der Waals surface area contributed by atoms with Crippen LogP contribution in [0.1, 0.15) is 13.8 Å². The molecule has 0 aliphatic rings. The van der Waals surface area contributed by atoms with Crippen molar-refractivity contribution in [2.75, 3.05) is 18.2 Å². The molecule has 0 aliphatic heterocycles. The van der Waals surface area contributed by atoms with E-state index in [4.69, 9.17) is 10.5 Å². The van der Waals surface area contributed by atoms with Crippen molar-refractivity contribution in [2.24, 2.45) is 5.92 Å². The minimum absolute atomic E-state index is 0.0896. The number of carbonyl (C=O) groups is 1. The van der Waals surface area contributed by atoms with E-state index < -0.39 is 6.04 Å². The van der Waals surface area contributed by atoms with E-state index in [2.05, 4.69) is 15.5 Å². The van der Waals surface area contributed by atoms with E-state index in [-0.39, 0.29) is 11.9 Å². The van der Waals surface area contributed by atoms with Crippen molar-refractivity contribution in [3.05, 3.63) is 12.1 Å². The third-order valence-electron chi connectivity index (χ3n) is 2.11. The number of anilines is 2. The Morgan fingerprint density at radius 1 is 1.44 bits per heavy atom. The molecule has 0 radical (unpaired) electrons. The Kier molecular flexibility index (Phi) is 4.04. The summed E-state index contributed by atoms with van der Waals surface area (Å²) in [5.74, 6) is 0.600. The molecule has 0 amide bonds. The van der Waals surface area contributed by atoms with E-state index in [1.54, 1.807) is 12.1 Å². The summed E-state index contributed by atoms with van der Waals surface area (Å²) in [5.41, 5.74) is 5.41. The van der Waals surface area contributed by atoms with Gasteiger partial charge in [-0.2, -0.15) is 0 Å². The molecular weight excluding hydrogens is 208 g/mol. The van der Waals surface area contributed by atoms with Gasteiger partial charge in [-0.1, -0.05) is 13.8 Å². The molecule has 88 valence electrons. The van der Waals surface area contributed by atoms with Gasteiger partial charge in [0, 0.05) is 0 Å². The Morgan fingerprint density at radius 3 is 2.56 bits per heavy atom. The third kappa shape index (κ3) is 3.08. The van der Waals surface area contributed by atoms with Gasteiger partial charge in [-0.25, -0.2) is 4.79 Å². The highest BCUT2D eigenvalue weighted by atomic mass is 16.5. The van der Waals surface area contributed by atoms with Crippen LogP contribution >= 0.6 is 0 Å². The number of rotatable bonds is 4. The third-order valence-corrected chi connectivity index (χ3v) is 2.11. The number of nitrogens with zero attached hydrogens (tertiary/aromatic N) is 2. The Labute approximate surface area is 94.2 Å². The first-order valence-electron chi connectivity index (χ1n) is 4.98. The fourth-order valence-corrected chi connectivity index (χ4v) is 1.20. The molecule has 1 unspecified atom stereocenters. The van der Waals surface area contributed by atoms with Crippen molar-refractivity contribution in [3.63, 3.8) is 0 Å². The molecule has 0 saturated carbocycles. The summed E-state index contributed by atoms with van der Waals surface area (Å²) in [5, 5.41) is 10.5. The first kappa shape index (κ1) is 12.2. The van der Waals surface area contributed by atoms with Gasteiger partial charge in [0.2, 0.25) is 0 Å². The zero-order valence-corrected chi connectivity index (χ0v) is 9.60. The molecule has 3 N–H and O–H groups in total. The van der Waals surface area contributed by atoms with E-state index >= 15 is 0 Å². The lowest BCUT2D eigenvalue weighted by Crippen LogP contribution is -2.35. The van der Waals surface area contributed by atoms with Gasteiger partial charge in [0.1, 0.15) is 17.7 Å². The zero-order valence-electron chi connectivity index (χ0n) is 9.60. The summed E-state index contributed by atoms with van der Waals surface area (Å²) in [7, 11) is 1.36. The largest absolute Gasteiger partial charge is 0.467 e. The van der Waals surface area contributed by atoms with Crippen LogP contribution in [-0.2, 0) is 9.53 Å². The van der Waals surface area contributed by atoms with Gasteiger partial charge in [-0.05, 0) is 18.1 Å². The van der Waals surface area contributed by atoms with Gasteiger partial charge in [0.15, 0.2) is 0 Å². The van der Waals surface area contributed by atoms with Crippen molar-refractivity contribution < 1.29 is 9.53 Å². The van der Waals surface area contributed by atoms with Crippen LogP contribution in [0.3, 0.4) is 0 Å². The van der Waals surface area contributed by atoms with Crippen LogP contribution in [0.5, 0.6) is 0 Å². The topological polar surface area (TPSA) is 90.1 Å². The fourth-order valence-electron chi connectivity index (χ4n) is 1.20. The maximum atomic E-state index is 11.5. The fraction of sp³-hybridized carbons (Fsp3) is 0.500. The smallest absolute Gasteiger partial charge is 0.328 e. The normalized spacial score (nSPS) is 12.2. The Bertz CT molecular complexity index is 350. The maximum absolute atomic E-state index is 11.5. The molecule has 0 aliphatic carbocycles. The minimum Gasteiger partial charge on any atom is -0.467 e. The van der Waals surface area contributed by atoms with Crippen LogP contribution in [-0.4, -0.2) is 29.3 Å². The maximum Gasteiger partial charge on any atom is 0.328 e. The first-order chi connectivity index (χ1) is 7.54. The van der Waals surface area contributed by atoms with Gasteiger partial charge < -0.3 is 15.8 Å². The van der Waals surface area contributed by atoms with Crippen LogP contribution in [0.2, 0.25) is 0 Å². The molecule has 1 rings (SSSR count). The summed E-state index contributed by atoms with van der Waals surface area (Å²) in [4.78, 5) is 11.5. The van der Waals surface area contributed by atoms with Crippen molar-refractivity contribution in [1.82, 2.24) is 10.2 Å². The van der Waals surface area contributed by atoms with Crippen LogP contribution in [0.4, 0.5) is 11.6 Å². The quantitative estimate of drug-likeness (QED) is 0.730. The van der Waals surface area contributed by atoms with Gasteiger partial charge in [0.25, 0.3) is 0 Å². The van der Waals surface area contributed by atoms with Crippen LogP contribution in [0, 0.1) is 5.92 Å². The predicted molar refractivity (Wildman–Crippen MR) is 60.7 cm³/mol. The molecule has 6 heteroatoms. The van der Waals surface area contributed by atoms with Crippen molar-refractivity contribution in [1.29, 1.82) is 0 Å². The summed E-state index contributed by atoms with van der Waals surface area (Å²) in [6.07, 6.45) is 0. The molecule has 0 bridgehead atoms.